The summed E-state index contributed by atoms with van der Waals surface area (Å²) in [6.07, 6.45) is -9.40. The third kappa shape index (κ3) is 16.0. The molecule has 0 aliphatic rings. The standard InChI is InChI=1S/C34H40F3N7O16/c1-14(45)39-19(10-24(46)47)30(56)42-21(12-26(50)51)32(58)44-22(13-27(52)53)33(59)43-20(11-25(48)49)31(57)41-18(4-2-3-7-38)29(55)40-15-5-6-16-17(34(35,36)37)9-28(54)60-23(16)8-15/h5-6,8-9,18-22H,2-4,7,10-13,38H2,1H3,(H,39,45)(H,40,55)(H,41,57)(H,42,56)(H,43,59)(H,44,58)(H,46,47)(H,48,49)(H,50,51)(H,52,53). The average molecular weight is 860 g/mol. The largest absolute Gasteiger partial charge is 0.481 e. The molecule has 0 fully saturated rings. The van der Waals surface area contributed by atoms with Crippen LogP contribution in [0.3, 0.4) is 0 Å². The summed E-state index contributed by atoms with van der Waals surface area (Å²) in [4.78, 5) is 136. The minimum absolute atomic E-state index is 0.122. The number of unbranched alkanes of at least 4 members (excludes halogenated alkanes) is 1. The Kier molecular flexibility index (Phi) is 18.1. The van der Waals surface area contributed by atoms with E-state index in [2.05, 4.69) is 10.6 Å². The maximum atomic E-state index is 13.5. The summed E-state index contributed by atoms with van der Waals surface area (Å²) in [7, 11) is 0. The van der Waals surface area contributed by atoms with E-state index in [0.717, 1.165) is 25.1 Å². The molecular weight excluding hydrogens is 819 g/mol. The van der Waals surface area contributed by atoms with Crippen molar-refractivity contribution in [2.45, 2.75) is 88.3 Å². The number of carbonyl (C=O) groups is 10. The third-order valence-electron chi connectivity index (χ3n) is 8.01. The van der Waals surface area contributed by atoms with Crippen molar-refractivity contribution in [3.8, 4) is 0 Å². The van der Waals surface area contributed by atoms with E-state index in [1.54, 1.807) is 0 Å². The zero-order chi connectivity index (χ0) is 45.5. The van der Waals surface area contributed by atoms with Crippen LogP contribution in [0.2, 0.25) is 0 Å². The lowest BCUT2D eigenvalue weighted by Gasteiger charge is -2.26. The monoisotopic (exact) mass is 859 g/mol. The number of carboxylic acids is 4. The molecule has 2 rings (SSSR count). The molecule has 60 heavy (non-hydrogen) atoms. The first-order chi connectivity index (χ1) is 27.9. The second-order valence-corrected chi connectivity index (χ2v) is 12.9. The normalized spacial score (nSPS) is 13.6. The highest BCUT2D eigenvalue weighted by atomic mass is 19.4. The van der Waals surface area contributed by atoms with Crippen LogP contribution < -0.4 is 43.3 Å². The summed E-state index contributed by atoms with van der Waals surface area (Å²) in [6.45, 7) is 1.04. The van der Waals surface area contributed by atoms with Crippen LogP contribution in [-0.2, 0) is 54.1 Å². The fourth-order valence-corrected chi connectivity index (χ4v) is 5.34. The lowest BCUT2D eigenvalue weighted by atomic mass is 10.1. The molecule has 2 aromatic rings. The number of rotatable bonds is 23. The van der Waals surface area contributed by atoms with Gasteiger partial charge in [0.1, 0.15) is 35.8 Å². The molecule has 6 amide bonds. The van der Waals surface area contributed by atoms with E-state index in [0.29, 0.717) is 6.42 Å². The highest BCUT2D eigenvalue weighted by Crippen LogP contribution is 2.34. The summed E-state index contributed by atoms with van der Waals surface area (Å²) in [5, 5.41) is 49.0. The van der Waals surface area contributed by atoms with Crippen LogP contribution in [0.4, 0.5) is 18.9 Å². The predicted octanol–water partition coefficient (Wildman–Crippen LogP) is -1.78. The first-order valence-corrected chi connectivity index (χ1v) is 17.4. The molecule has 0 radical (unpaired) electrons. The van der Waals surface area contributed by atoms with Crippen LogP contribution >= 0.6 is 0 Å². The van der Waals surface area contributed by atoms with Gasteiger partial charge in [0.05, 0.1) is 31.2 Å². The molecule has 0 saturated heterocycles. The molecule has 0 bridgehead atoms. The third-order valence-corrected chi connectivity index (χ3v) is 8.01. The van der Waals surface area contributed by atoms with Gasteiger partial charge in [-0.2, -0.15) is 13.2 Å². The minimum atomic E-state index is -4.94. The van der Waals surface area contributed by atoms with Crippen molar-refractivity contribution in [1.82, 2.24) is 26.6 Å². The number of nitrogens with two attached hydrogens (primary N) is 1. The second-order valence-electron chi connectivity index (χ2n) is 12.9. The van der Waals surface area contributed by atoms with Crippen molar-refractivity contribution in [2.75, 3.05) is 11.9 Å². The topological polar surface area (TPSA) is 380 Å². The molecule has 0 spiro atoms. The zero-order valence-electron chi connectivity index (χ0n) is 31.3. The summed E-state index contributed by atoms with van der Waals surface area (Å²) in [5.74, 6) is -14.5. The summed E-state index contributed by atoms with van der Waals surface area (Å²) in [5.41, 5.74) is 2.09. The quantitative estimate of drug-likeness (QED) is 0.0435. The number of hydrogen-bond donors (Lipinski definition) is 11. The van der Waals surface area contributed by atoms with Gasteiger partial charge in [0.25, 0.3) is 0 Å². The summed E-state index contributed by atoms with van der Waals surface area (Å²) < 4.78 is 45.3. The van der Waals surface area contributed by atoms with E-state index in [1.807, 2.05) is 21.3 Å². The molecule has 12 N–H and O–H groups in total. The highest BCUT2D eigenvalue weighted by molar-refractivity contribution is 6.01. The maximum absolute atomic E-state index is 13.5. The Hall–Kier alpha value is -7.12. The molecule has 5 unspecified atom stereocenters. The van der Waals surface area contributed by atoms with E-state index >= 15 is 0 Å². The number of hydrogen-bond acceptors (Lipinski definition) is 13. The molecule has 0 aliphatic heterocycles. The fraction of sp³-hybridized carbons (Fsp3) is 0.441. The van der Waals surface area contributed by atoms with Gasteiger partial charge in [-0.05, 0) is 37.9 Å². The van der Waals surface area contributed by atoms with Crippen molar-refractivity contribution in [2.24, 2.45) is 5.73 Å². The van der Waals surface area contributed by atoms with Gasteiger partial charge >= 0.3 is 35.7 Å². The summed E-state index contributed by atoms with van der Waals surface area (Å²) in [6, 6.07) is -6.73. The molecule has 26 heteroatoms. The smallest absolute Gasteiger partial charge is 0.417 e. The van der Waals surface area contributed by atoms with Crippen LogP contribution in [0, 0.1) is 0 Å². The number of benzene rings is 1. The van der Waals surface area contributed by atoms with Crippen molar-refractivity contribution in [3.63, 3.8) is 0 Å². The number of fused-ring (bicyclic) bond motifs is 1. The maximum Gasteiger partial charge on any atom is 0.417 e. The molecule has 0 saturated carbocycles. The van der Waals surface area contributed by atoms with Crippen LogP contribution in [0.25, 0.3) is 11.0 Å². The van der Waals surface area contributed by atoms with E-state index in [1.165, 1.54) is 0 Å². The summed E-state index contributed by atoms with van der Waals surface area (Å²) >= 11 is 0. The lowest BCUT2D eigenvalue weighted by molar-refractivity contribution is -0.145. The highest BCUT2D eigenvalue weighted by Gasteiger charge is 2.36. The molecule has 5 atom stereocenters. The van der Waals surface area contributed by atoms with Gasteiger partial charge in [-0.25, -0.2) is 4.79 Å². The Labute approximate surface area is 334 Å². The second kappa shape index (κ2) is 22.1. The molecule has 23 nitrogen and oxygen atoms in total. The SMILES string of the molecule is CC(=O)NC(CC(=O)O)C(=O)NC(CC(=O)O)C(=O)NC(CC(=O)O)C(=O)NC(CC(=O)O)C(=O)NC(CCCCN)C(=O)Nc1ccc2c(C(F)(F)F)cc(=O)oc2c1. The molecule has 0 aliphatic carbocycles. The Morgan fingerprint density at radius 2 is 1.05 bits per heavy atom. The molecular formula is C34H40F3N7O16. The molecule has 1 heterocycles. The van der Waals surface area contributed by atoms with Crippen LogP contribution in [0.5, 0.6) is 0 Å². The minimum Gasteiger partial charge on any atom is -0.481 e. The molecule has 328 valence electrons. The van der Waals surface area contributed by atoms with Crippen LogP contribution in [0.1, 0.15) is 57.4 Å². The first-order valence-electron chi connectivity index (χ1n) is 17.4. The number of nitrogens with one attached hydrogen (secondary N) is 6. The Morgan fingerprint density at radius 1 is 0.633 bits per heavy atom. The number of amides is 6. The van der Waals surface area contributed by atoms with Crippen LogP contribution in [0.15, 0.2) is 33.5 Å². The lowest BCUT2D eigenvalue weighted by Crippen LogP contribution is -2.59. The van der Waals surface area contributed by atoms with E-state index in [9.17, 15) is 81.2 Å². The Morgan fingerprint density at radius 3 is 1.43 bits per heavy atom. The van der Waals surface area contributed by atoms with Crippen molar-refractivity contribution < 1.29 is 86.0 Å². The van der Waals surface area contributed by atoms with Gasteiger partial charge in [-0.3, -0.25) is 47.9 Å². The zero-order valence-corrected chi connectivity index (χ0v) is 31.3. The number of aliphatic carboxylic acids is 4. The van der Waals surface area contributed by atoms with Gasteiger partial charge in [-0.15, -0.1) is 0 Å². The Balaban J connectivity index is 2.37. The predicted molar refractivity (Wildman–Crippen MR) is 193 cm³/mol. The van der Waals surface area contributed by atoms with Gasteiger partial charge in [-0.1, -0.05) is 0 Å². The average Bonchev–Trinajstić information content (AvgIpc) is 3.11. The van der Waals surface area contributed by atoms with Gasteiger partial charge in [0.2, 0.25) is 35.4 Å². The number of anilines is 1. The fourth-order valence-electron chi connectivity index (χ4n) is 5.34. The van der Waals surface area contributed by atoms with E-state index in [-0.39, 0.29) is 31.1 Å². The van der Waals surface area contributed by atoms with E-state index in [4.69, 9.17) is 15.3 Å². The van der Waals surface area contributed by atoms with E-state index < -0.39 is 144 Å². The Bertz CT molecular complexity index is 2040. The van der Waals surface area contributed by atoms with Crippen LogP contribution in [-0.4, -0.2) is 117 Å². The number of alkyl halides is 3. The van der Waals surface area contributed by atoms with Gasteiger partial charge in [0, 0.05) is 30.1 Å². The number of halogens is 3. The first kappa shape index (κ1) is 49.0. The number of carboxylic acid groups (broad SMARTS) is 4. The molecule has 1 aromatic carbocycles. The van der Waals surface area contributed by atoms with Crippen molar-refractivity contribution in [1.29, 1.82) is 0 Å². The van der Waals surface area contributed by atoms with Gasteiger partial charge < -0.3 is 62.5 Å². The van der Waals surface area contributed by atoms with Crippen molar-refractivity contribution >= 4 is 76.0 Å². The van der Waals surface area contributed by atoms with Crippen molar-refractivity contribution in [3.05, 3.63) is 40.2 Å². The molecule has 1 aromatic heterocycles. The number of carbonyl (C=O) groups excluding carboxylic acids is 6. The van der Waals surface area contributed by atoms with Gasteiger partial charge in [0.15, 0.2) is 0 Å².